The number of nitrogens with zero attached hydrogens (tertiary/aromatic N) is 1. The first-order chi connectivity index (χ1) is 9.15. The van der Waals surface area contributed by atoms with Crippen LogP contribution in [0.25, 0.3) is 6.08 Å². The van der Waals surface area contributed by atoms with Crippen molar-refractivity contribution in [3.63, 3.8) is 0 Å². The molecule has 0 fully saturated rings. The van der Waals surface area contributed by atoms with Crippen molar-refractivity contribution in [1.82, 2.24) is 9.97 Å². The molecule has 0 aliphatic rings. The minimum atomic E-state index is -0.947. The van der Waals surface area contributed by atoms with Crippen LogP contribution in [0, 0.1) is 0 Å². The molecule has 0 amide bonds. The van der Waals surface area contributed by atoms with Gasteiger partial charge in [0.05, 0.1) is 12.0 Å². The maximum atomic E-state index is 10.5. The highest BCUT2D eigenvalue weighted by molar-refractivity contribution is 5.72. The summed E-state index contributed by atoms with van der Waals surface area (Å²) < 4.78 is 0. The average molecular weight is 264 g/mol. The summed E-state index contributed by atoms with van der Waals surface area (Å²) in [7, 11) is 0. The lowest BCUT2D eigenvalue weighted by Crippen LogP contribution is -2.29. The number of nitrogens with one attached hydrogen (secondary N) is 2. The van der Waals surface area contributed by atoms with Crippen LogP contribution in [0.1, 0.15) is 25.0 Å². The Hall–Kier alpha value is -2.08. The number of carboxylic acid groups (broad SMARTS) is 1. The molecule has 19 heavy (non-hydrogen) atoms. The number of hydrogen-bond donors (Lipinski definition) is 4. The van der Waals surface area contributed by atoms with Gasteiger partial charge in [0.15, 0.2) is 5.82 Å². The number of rotatable bonds is 9. The molecular formula is C13H20N4O2. The van der Waals surface area contributed by atoms with E-state index in [1.807, 2.05) is 12.2 Å². The Bertz CT molecular complexity index is 440. The van der Waals surface area contributed by atoms with E-state index < -0.39 is 12.0 Å². The van der Waals surface area contributed by atoms with Crippen molar-refractivity contribution < 1.29 is 9.90 Å². The van der Waals surface area contributed by atoms with Gasteiger partial charge in [0.25, 0.3) is 0 Å². The lowest BCUT2D eigenvalue weighted by molar-refractivity contribution is -0.138. The van der Waals surface area contributed by atoms with Gasteiger partial charge in [-0.2, -0.15) is 0 Å². The van der Waals surface area contributed by atoms with Crippen LogP contribution in [0.15, 0.2) is 25.1 Å². The highest BCUT2D eigenvalue weighted by Crippen LogP contribution is 2.11. The van der Waals surface area contributed by atoms with Crippen molar-refractivity contribution >= 4 is 17.9 Å². The van der Waals surface area contributed by atoms with E-state index in [1.165, 1.54) is 0 Å². The number of allylic oxidation sites excluding steroid dienone is 2. The minimum absolute atomic E-state index is 0.487. The van der Waals surface area contributed by atoms with Gasteiger partial charge in [-0.15, -0.1) is 0 Å². The van der Waals surface area contributed by atoms with Crippen LogP contribution in [0.5, 0.6) is 0 Å². The SMILES string of the molecule is C=C/C=C\c1[nH]cnc1NCCCCC(N)C(=O)O. The maximum absolute atomic E-state index is 10.5. The second-order valence-electron chi connectivity index (χ2n) is 4.13. The second-order valence-corrected chi connectivity index (χ2v) is 4.13. The molecule has 1 rings (SSSR count). The Morgan fingerprint density at radius 3 is 3.11 bits per heavy atom. The Labute approximate surface area is 112 Å². The fraction of sp³-hybridized carbons (Fsp3) is 0.385. The minimum Gasteiger partial charge on any atom is -0.480 e. The molecule has 6 nitrogen and oxygen atoms in total. The molecule has 0 radical (unpaired) electrons. The molecule has 1 heterocycles. The van der Waals surface area contributed by atoms with E-state index in [2.05, 4.69) is 21.9 Å². The predicted molar refractivity (Wildman–Crippen MR) is 75.8 cm³/mol. The first kappa shape index (κ1) is 15.0. The molecule has 0 aliphatic heterocycles. The van der Waals surface area contributed by atoms with Gasteiger partial charge in [-0.25, -0.2) is 4.98 Å². The quantitative estimate of drug-likeness (QED) is 0.400. The van der Waals surface area contributed by atoms with E-state index in [9.17, 15) is 4.79 Å². The molecular weight excluding hydrogens is 244 g/mol. The molecule has 0 saturated carbocycles. The topological polar surface area (TPSA) is 104 Å². The van der Waals surface area contributed by atoms with Crippen molar-refractivity contribution in [2.24, 2.45) is 5.73 Å². The number of nitrogens with two attached hydrogens (primary N) is 1. The molecule has 0 bridgehead atoms. The molecule has 0 spiro atoms. The van der Waals surface area contributed by atoms with Gasteiger partial charge in [0.2, 0.25) is 0 Å². The number of unbranched alkanes of at least 4 members (excludes halogenated alkanes) is 1. The summed E-state index contributed by atoms with van der Waals surface area (Å²) in [6.45, 7) is 4.33. The summed E-state index contributed by atoms with van der Waals surface area (Å²) in [5.74, 6) is -0.169. The van der Waals surface area contributed by atoms with E-state index >= 15 is 0 Å². The monoisotopic (exact) mass is 264 g/mol. The van der Waals surface area contributed by atoms with Crippen molar-refractivity contribution in [2.45, 2.75) is 25.3 Å². The molecule has 1 atom stereocenters. The molecule has 5 N–H and O–H groups in total. The van der Waals surface area contributed by atoms with Gasteiger partial charge in [-0.3, -0.25) is 4.79 Å². The van der Waals surface area contributed by atoms with Crippen LogP contribution in [-0.2, 0) is 4.79 Å². The summed E-state index contributed by atoms with van der Waals surface area (Å²) in [6.07, 6.45) is 9.11. The summed E-state index contributed by atoms with van der Waals surface area (Å²) >= 11 is 0. The van der Waals surface area contributed by atoms with Gasteiger partial charge >= 0.3 is 5.97 Å². The number of hydrogen-bond acceptors (Lipinski definition) is 4. The van der Waals surface area contributed by atoms with E-state index in [1.54, 1.807) is 12.4 Å². The van der Waals surface area contributed by atoms with Crippen LogP contribution < -0.4 is 11.1 Å². The van der Waals surface area contributed by atoms with Gasteiger partial charge in [-0.1, -0.05) is 18.7 Å². The molecule has 1 aromatic rings. The highest BCUT2D eigenvalue weighted by atomic mass is 16.4. The number of aromatic amines is 1. The van der Waals surface area contributed by atoms with Crippen LogP contribution in [-0.4, -0.2) is 33.6 Å². The molecule has 1 unspecified atom stereocenters. The molecule has 0 aliphatic carbocycles. The number of aliphatic carboxylic acids is 1. The van der Waals surface area contributed by atoms with E-state index in [4.69, 9.17) is 10.8 Å². The zero-order valence-electron chi connectivity index (χ0n) is 10.8. The lowest BCUT2D eigenvalue weighted by Gasteiger charge is -2.07. The third-order valence-corrected chi connectivity index (χ3v) is 2.62. The highest BCUT2D eigenvalue weighted by Gasteiger charge is 2.10. The Morgan fingerprint density at radius 2 is 2.42 bits per heavy atom. The van der Waals surface area contributed by atoms with E-state index in [-0.39, 0.29) is 0 Å². The zero-order chi connectivity index (χ0) is 14.1. The van der Waals surface area contributed by atoms with Crippen molar-refractivity contribution in [1.29, 1.82) is 0 Å². The zero-order valence-corrected chi connectivity index (χ0v) is 10.8. The predicted octanol–water partition coefficient (Wildman–Crippen LogP) is 1.60. The Kier molecular flexibility index (Phi) is 6.38. The standard InChI is InChI=1S/C13H20N4O2/c1-2-3-7-11-12(17-9-16-11)15-8-5-4-6-10(14)13(18)19/h2-3,7,9-10,15H,1,4-6,8,14H2,(H,16,17)(H,18,19)/b7-3-. The summed E-state index contributed by atoms with van der Waals surface area (Å²) in [6, 6.07) is -0.767. The van der Waals surface area contributed by atoms with Crippen molar-refractivity contribution in [3.05, 3.63) is 30.8 Å². The molecule has 104 valence electrons. The van der Waals surface area contributed by atoms with Gasteiger partial charge < -0.3 is 21.1 Å². The number of anilines is 1. The van der Waals surface area contributed by atoms with E-state index in [0.29, 0.717) is 6.42 Å². The van der Waals surface area contributed by atoms with E-state index in [0.717, 1.165) is 30.9 Å². The normalized spacial score (nSPS) is 12.5. The third-order valence-electron chi connectivity index (χ3n) is 2.62. The third kappa shape index (κ3) is 5.39. The summed E-state index contributed by atoms with van der Waals surface area (Å²) in [5.41, 5.74) is 6.31. The van der Waals surface area contributed by atoms with Crippen LogP contribution in [0.3, 0.4) is 0 Å². The fourth-order valence-electron chi connectivity index (χ4n) is 1.56. The largest absolute Gasteiger partial charge is 0.480 e. The second kappa shape index (κ2) is 8.10. The number of H-pyrrole nitrogens is 1. The summed E-state index contributed by atoms with van der Waals surface area (Å²) in [5, 5.41) is 11.8. The number of carbonyl (C=O) groups is 1. The fourth-order valence-corrected chi connectivity index (χ4v) is 1.56. The maximum Gasteiger partial charge on any atom is 0.320 e. The first-order valence-electron chi connectivity index (χ1n) is 6.20. The van der Waals surface area contributed by atoms with Crippen LogP contribution >= 0.6 is 0 Å². The Morgan fingerprint density at radius 1 is 1.63 bits per heavy atom. The van der Waals surface area contributed by atoms with Crippen molar-refractivity contribution in [3.8, 4) is 0 Å². The van der Waals surface area contributed by atoms with Crippen LogP contribution in [0.4, 0.5) is 5.82 Å². The molecule has 0 aromatic carbocycles. The number of aromatic nitrogens is 2. The molecule has 0 saturated heterocycles. The smallest absolute Gasteiger partial charge is 0.320 e. The van der Waals surface area contributed by atoms with Gasteiger partial charge in [0, 0.05) is 6.54 Å². The van der Waals surface area contributed by atoms with Crippen LogP contribution in [0.2, 0.25) is 0 Å². The average Bonchev–Trinajstić information content (AvgIpc) is 2.83. The van der Waals surface area contributed by atoms with Gasteiger partial charge in [0.1, 0.15) is 6.04 Å². The number of imidazole rings is 1. The lowest BCUT2D eigenvalue weighted by atomic mass is 10.1. The number of carboxylic acids is 1. The molecule has 6 heteroatoms. The van der Waals surface area contributed by atoms with Crippen molar-refractivity contribution in [2.75, 3.05) is 11.9 Å². The van der Waals surface area contributed by atoms with Gasteiger partial charge in [-0.05, 0) is 25.3 Å². The molecule has 1 aromatic heterocycles. The summed E-state index contributed by atoms with van der Waals surface area (Å²) in [4.78, 5) is 17.7. The first-order valence-corrected chi connectivity index (χ1v) is 6.20. The Balaban J connectivity index is 2.26.